The van der Waals surface area contributed by atoms with Crippen LogP contribution in [0.2, 0.25) is 5.02 Å². The lowest BCUT2D eigenvalue weighted by atomic mass is 9.94. The van der Waals surface area contributed by atoms with E-state index in [1.54, 1.807) is 49.4 Å². The van der Waals surface area contributed by atoms with Crippen LogP contribution >= 0.6 is 11.6 Å². The number of halogens is 1. The summed E-state index contributed by atoms with van der Waals surface area (Å²) in [6.07, 6.45) is -0.0839. The van der Waals surface area contributed by atoms with Gasteiger partial charge in [0.25, 0.3) is 0 Å². The number of hydrogen-bond acceptors (Lipinski definition) is 6. The van der Waals surface area contributed by atoms with E-state index in [0.717, 1.165) is 11.1 Å². The molecule has 8 heteroatoms. The van der Waals surface area contributed by atoms with E-state index in [1.165, 1.54) is 24.3 Å². The monoisotopic (exact) mass is 515 g/mol. The SMILES string of the molecule is CCOC(=O)c1cccc(S(=O)(=O)c2ccc(CC(C)(C)NC[C@@H](O)c3cccc(Cl)c3)cc2)c1. The minimum absolute atomic E-state index is 0.0350. The molecule has 0 bridgehead atoms. The van der Waals surface area contributed by atoms with E-state index in [-0.39, 0.29) is 27.5 Å². The van der Waals surface area contributed by atoms with Crippen LogP contribution in [0.15, 0.2) is 82.6 Å². The Kier molecular flexibility index (Phi) is 8.72. The molecule has 0 unspecified atom stereocenters. The van der Waals surface area contributed by atoms with Gasteiger partial charge in [0.1, 0.15) is 0 Å². The number of hydrogen-bond donors (Lipinski definition) is 2. The summed E-state index contributed by atoms with van der Waals surface area (Å²) >= 11 is 6.01. The van der Waals surface area contributed by atoms with E-state index in [1.807, 2.05) is 19.9 Å². The van der Waals surface area contributed by atoms with Crippen LogP contribution in [0.5, 0.6) is 0 Å². The first-order valence-corrected chi connectivity index (χ1v) is 13.2. The molecule has 0 fully saturated rings. The molecule has 3 aromatic carbocycles. The van der Waals surface area contributed by atoms with Gasteiger partial charge >= 0.3 is 5.97 Å². The summed E-state index contributed by atoms with van der Waals surface area (Å²) in [5, 5.41) is 14.4. The zero-order chi connectivity index (χ0) is 25.6. The topological polar surface area (TPSA) is 92.7 Å². The van der Waals surface area contributed by atoms with Crippen LogP contribution in [0.25, 0.3) is 0 Å². The van der Waals surface area contributed by atoms with Crippen LogP contribution in [0.3, 0.4) is 0 Å². The first-order valence-electron chi connectivity index (χ1n) is 11.3. The van der Waals surface area contributed by atoms with Crippen LogP contribution in [0, 0.1) is 0 Å². The summed E-state index contributed by atoms with van der Waals surface area (Å²) in [5.74, 6) is -0.560. The average Bonchev–Trinajstić information content (AvgIpc) is 2.83. The number of esters is 1. The quantitative estimate of drug-likeness (QED) is 0.369. The van der Waals surface area contributed by atoms with Gasteiger partial charge in [-0.05, 0) is 80.8 Å². The molecule has 0 aliphatic heterocycles. The summed E-state index contributed by atoms with van der Waals surface area (Å²) < 4.78 is 31.2. The van der Waals surface area contributed by atoms with Crippen molar-refractivity contribution >= 4 is 27.4 Å². The fourth-order valence-corrected chi connectivity index (χ4v) is 5.21. The number of nitrogens with one attached hydrogen (secondary N) is 1. The third-order valence-corrected chi connectivity index (χ3v) is 7.55. The van der Waals surface area contributed by atoms with Crippen molar-refractivity contribution in [1.82, 2.24) is 5.32 Å². The smallest absolute Gasteiger partial charge is 0.338 e. The number of β-amino-alcohol motifs (C(OH)–C–C–N with tert-alkyl or cyclic N) is 1. The van der Waals surface area contributed by atoms with Gasteiger partial charge in [-0.2, -0.15) is 0 Å². The van der Waals surface area contributed by atoms with Crippen LogP contribution in [0.1, 0.15) is 48.4 Å². The minimum atomic E-state index is -3.79. The second-order valence-electron chi connectivity index (χ2n) is 8.91. The first-order chi connectivity index (χ1) is 16.5. The molecule has 1 atom stereocenters. The molecule has 0 aliphatic rings. The van der Waals surface area contributed by atoms with Crippen molar-refractivity contribution in [3.63, 3.8) is 0 Å². The van der Waals surface area contributed by atoms with Crippen LogP contribution < -0.4 is 5.32 Å². The highest BCUT2D eigenvalue weighted by atomic mass is 35.5. The summed E-state index contributed by atoms with van der Waals surface area (Å²) in [6, 6.07) is 19.7. The number of benzene rings is 3. The molecule has 6 nitrogen and oxygen atoms in total. The number of carbonyl (C=O) groups excluding carboxylic acids is 1. The van der Waals surface area contributed by atoms with Gasteiger partial charge in [-0.1, -0.05) is 41.9 Å². The second-order valence-corrected chi connectivity index (χ2v) is 11.3. The van der Waals surface area contributed by atoms with Crippen molar-refractivity contribution in [2.75, 3.05) is 13.2 Å². The van der Waals surface area contributed by atoms with Crippen molar-refractivity contribution in [2.45, 2.75) is 48.6 Å². The van der Waals surface area contributed by atoms with E-state index in [9.17, 15) is 18.3 Å². The van der Waals surface area contributed by atoms with E-state index in [4.69, 9.17) is 16.3 Å². The molecular formula is C27H30ClNO5S. The summed E-state index contributed by atoms with van der Waals surface area (Å²) in [7, 11) is -3.79. The standard InChI is InChI=1S/C27H30ClNO5S/c1-4-34-26(31)21-8-6-10-24(16-21)35(32,33)23-13-11-19(12-14-23)17-27(2,3)29-18-25(30)20-7-5-9-22(28)15-20/h5-16,25,29-30H,4,17-18H2,1-3H3/t25-/m1/s1. The Morgan fingerprint density at radius 3 is 2.37 bits per heavy atom. The first kappa shape index (κ1) is 26.9. The third-order valence-electron chi connectivity index (χ3n) is 5.54. The van der Waals surface area contributed by atoms with Gasteiger partial charge in [0.15, 0.2) is 0 Å². The summed E-state index contributed by atoms with van der Waals surface area (Å²) in [5.41, 5.74) is 1.52. The largest absolute Gasteiger partial charge is 0.462 e. The molecule has 186 valence electrons. The van der Waals surface area contributed by atoms with Crippen molar-refractivity contribution < 1.29 is 23.1 Å². The van der Waals surface area contributed by atoms with E-state index in [0.29, 0.717) is 18.0 Å². The molecule has 0 radical (unpaired) electrons. The Morgan fingerprint density at radius 1 is 1.03 bits per heavy atom. The molecule has 0 amide bonds. The van der Waals surface area contributed by atoms with Crippen molar-refractivity contribution in [3.05, 3.63) is 94.5 Å². The Bertz CT molecular complexity index is 1270. The molecule has 2 N–H and O–H groups in total. The molecule has 0 saturated carbocycles. The molecule has 3 aromatic rings. The molecule has 0 heterocycles. The lowest BCUT2D eigenvalue weighted by molar-refractivity contribution is 0.0526. The molecule has 0 aromatic heterocycles. The van der Waals surface area contributed by atoms with E-state index < -0.39 is 21.9 Å². The Labute approximate surface area is 211 Å². The molecule has 35 heavy (non-hydrogen) atoms. The zero-order valence-corrected chi connectivity index (χ0v) is 21.6. The average molecular weight is 516 g/mol. The van der Waals surface area contributed by atoms with E-state index >= 15 is 0 Å². The number of sulfone groups is 1. The Morgan fingerprint density at radius 2 is 1.71 bits per heavy atom. The van der Waals surface area contributed by atoms with Crippen molar-refractivity contribution in [3.8, 4) is 0 Å². The Hall–Kier alpha value is -2.71. The fourth-order valence-electron chi connectivity index (χ4n) is 3.70. The highest BCUT2D eigenvalue weighted by Crippen LogP contribution is 2.24. The van der Waals surface area contributed by atoms with Gasteiger partial charge in [0.05, 0.1) is 28.1 Å². The number of rotatable bonds is 10. The van der Waals surface area contributed by atoms with Gasteiger partial charge < -0.3 is 15.2 Å². The van der Waals surface area contributed by atoms with E-state index in [2.05, 4.69) is 5.32 Å². The molecule has 0 saturated heterocycles. The number of aliphatic hydroxyl groups is 1. The third kappa shape index (κ3) is 7.15. The molecule has 0 spiro atoms. The maximum Gasteiger partial charge on any atom is 0.338 e. The van der Waals surface area contributed by atoms with Crippen molar-refractivity contribution in [2.24, 2.45) is 0 Å². The zero-order valence-electron chi connectivity index (χ0n) is 20.0. The lowest BCUT2D eigenvalue weighted by Gasteiger charge is -2.28. The van der Waals surface area contributed by atoms with Gasteiger partial charge in [0, 0.05) is 17.1 Å². The highest BCUT2D eigenvalue weighted by Gasteiger charge is 2.22. The molecule has 3 rings (SSSR count). The lowest BCUT2D eigenvalue weighted by Crippen LogP contribution is -2.43. The van der Waals surface area contributed by atoms with Gasteiger partial charge in [-0.15, -0.1) is 0 Å². The second kappa shape index (κ2) is 11.4. The van der Waals surface area contributed by atoms with Gasteiger partial charge in [-0.25, -0.2) is 13.2 Å². The van der Waals surface area contributed by atoms with Gasteiger partial charge in [-0.3, -0.25) is 0 Å². The number of carbonyl (C=O) groups is 1. The normalized spacial score (nSPS) is 12.8. The predicted octanol–water partition coefficient (Wildman–Crippen LogP) is 4.99. The van der Waals surface area contributed by atoms with Crippen LogP contribution in [0.4, 0.5) is 0 Å². The maximum atomic E-state index is 13.1. The molecular weight excluding hydrogens is 486 g/mol. The van der Waals surface area contributed by atoms with Crippen LogP contribution in [-0.4, -0.2) is 38.2 Å². The summed E-state index contributed by atoms with van der Waals surface area (Å²) in [6.45, 7) is 6.28. The predicted molar refractivity (Wildman–Crippen MR) is 136 cm³/mol. The fraction of sp³-hybridized carbons (Fsp3) is 0.296. The molecule has 0 aliphatic carbocycles. The van der Waals surface area contributed by atoms with Crippen molar-refractivity contribution in [1.29, 1.82) is 0 Å². The Balaban J connectivity index is 1.68. The maximum absolute atomic E-state index is 13.1. The minimum Gasteiger partial charge on any atom is -0.462 e. The van der Waals surface area contributed by atoms with Gasteiger partial charge in [0.2, 0.25) is 9.84 Å². The number of aliphatic hydroxyl groups excluding tert-OH is 1. The highest BCUT2D eigenvalue weighted by molar-refractivity contribution is 7.91. The van der Waals surface area contributed by atoms with Crippen LogP contribution in [-0.2, 0) is 21.0 Å². The summed E-state index contributed by atoms with van der Waals surface area (Å²) in [4.78, 5) is 12.2. The number of ether oxygens (including phenoxy) is 1.